The van der Waals surface area contributed by atoms with E-state index in [0.29, 0.717) is 5.56 Å². The lowest BCUT2D eigenvalue weighted by Gasteiger charge is -2.11. The lowest BCUT2D eigenvalue weighted by molar-refractivity contribution is -0.124. The van der Waals surface area contributed by atoms with Gasteiger partial charge in [0.1, 0.15) is 0 Å². The minimum atomic E-state index is 0.0601. The summed E-state index contributed by atoms with van der Waals surface area (Å²) in [5, 5.41) is 8.76. The Morgan fingerprint density at radius 2 is 2.12 bits per heavy atom. The molecule has 0 spiro atoms. The van der Waals surface area contributed by atoms with Crippen LogP contribution in [-0.2, 0) is 4.79 Å². The van der Waals surface area contributed by atoms with Crippen molar-refractivity contribution in [3.63, 3.8) is 0 Å². The molecule has 0 saturated carbocycles. The van der Waals surface area contributed by atoms with Gasteiger partial charge in [-0.05, 0) is 36.6 Å². The summed E-state index contributed by atoms with van der Waals surface area (Å²) in [5.74, 6) is 0.0601. The molecule has 0 atom stereocenters. The zero-order valence-corrected chi connectivity index (χ0v) is 9.60. The van der Waals surface area contributed by atoms with Crippen molar-refractivity contribution in [1.82, 2.24) is 4.90 Å². The van der Waals surface area contributed by atoms with Crippen LogP contribution in [0.4, 0.5) is 0 Å². The number of carbonyl (C=O) groups excluding carboxylic acids is 1. The Labute approximate surface area is 101 Å². The Morgan fingerprint density at radius 3 is 2.82 bits per heavy atom. The van der Waals surface area contributed by atoms with Gasteiger partial charge in [0.2, 0.25) is 5.91 Å². The second-order valence-electron chi connectivity index (χ2n) is 4.10. The van der Waals surface area contributed by atoms with Crippen LogP contribution in [0, 0.1) is 11.3 Å². The number of hydrogen-bond donors (Lipinski definition) is 0. The highest BCUT2D eigenvalue weighted by Crippen LogP contribution is 2.10. The maximum Gasteiger partial charge on any atom is 0.246 e. The highest BCUT2D eigenvalue weighted by molar-refractivity contribution is 5.91. The van der Waals surface area contributed by atoms with Crippen LogP contribution in [0.5, 0.6) is 0 Å². The first-order valence-electron chi connectivity index (χ1n) is 5.77. The smallest absolute Gasteiger partial charge is 0.246 e. The maximum atomic E-state index is 11.7. The summed E-state index contributed by atoms with van der Waals surface area (Å²) in [6.07, 6.45) is 5.55. The third-order valence-corrected chi connectivity index (χ3v) is 2.85. The van der Waals surface area contributed by atoms with Crippen molar-refractivity contribution < 1.29 is 4.79 Å². The molecule has 1 aliphatic rings. The Kier molecular flexibility index (Phi) is 3.56. The van der Waals surface area contributed by atoms with Gasteiger partial charge in [0.25, 0.3) is 0 Å². The van der Waals surface area contributed by atoms with Crippen molar-refractivity contribution in [2.24, 2.45) is 0 Å². The van der Waals surface area contributed by atoms with E-state index >= 15 is 0 Å². The van der Waals surface area contributed by atoms with Crippen LogP contribution < -0.4 is 0 Å². The Hall–Kier alpha value is -2.08. The predicted molar refractivity (Wildman–Crippen MR) is 66.0 cm³/mol. The highest BCUT2D eigenvalue weighted by Gasteiger charge is 2.14. The molecule has 1 aromatic carbocycles. The van der Waals surface area contributed by atoms with E-state index in [4.69, 9.17) is 5.26 Å². The van der Waals surface area contributed by atoms with Gasteiger partial charge in [-0.25, -0.2) is 0 Å². The van der Waals surface area contributed by atoms with Gasteiger partial charge >= 0.3 is 0 Å². The van der Waals surface area contributed by atoms with E-state index in [-0.39, 0.29) is 5.91 Å². The summed E-state index contributed by atoms with van der Waals surface area (Å²) in [7, 11) is 0. The number of nitriles is 1. The van der Waals surface area contributed by atoms with E-state index in [2.05, 4.69) is 6.07 Å². The number of hydrogen-bond acceptors (Lipinski definition) is 2. The third-order valence-electron chi connectivity index (χ3n) is 2.85. The lowest BCUT2D eigenvalue weighted by Crippen LogP contribution is -2.25. The van der Waals surface area contributed by atoms with Gasteiger partial charge in [-0.15, -0.1) is 0 Å². The van der Waals surface area contributed by atoms with Crippen molar-refractivity contribution in [3.05, 3.63) is 41.5 Å². The maximum absolute atomic E-state index is 11.7. The second-order valence-corrected chi connectivity index (χ2v) is 4.10. The summed E-state index contributed by atoms with van der Waals surface area (Å²) >= 11 is 0. The zero-order valence-electron chi connectivity index (χ0n) is 9.60. The Balaban J connectivity index is 2.04. The van der Waals surface area contributed by atoms with Gasteiger partial charge in [-0.2, -0.15) is 5.26 Å². The van der Waals surface area contributed by atoms with E-state index in [0.717, 1.165) is 31.5 Å². The van der Waals surface area contributed by atoms with Gasteiger partial charge in [-0.1, -0.05) is 12.1 Å². The molecule has 1 fully saturated rings. The molecule has 1 aliphatic heterocycles. The molecule has 2 rings (SSSR count). The molecular formula is C14H14N2O. The first-order chi connectivity index (χ1) is 8.29. The largest absolute Gasteiger partial charge is 0.339 e. The minimum absolute atomic E-state index is 0.0601. The molecule has 86 valence electrons. The molecule has 0 N–H and O–H groups in total. The van der Waals surface area contributed by atoms with Gasteiger partial charge in [-0.3, -0.25) is 4.79 Å². The zero-order chi connectivity index (χ0) is 12.1. The summed E-state index contributed by atoms with van der Waals surface area (Å²) in [5.41, 5.74) is 1.50. The number of nitrogens with zero attached hydrogens (tertiary/aromatic N) is 2. The molecule has 0 aliphatic carbocycles. The molecule has 1 aromatic rings. The lowest BCUT2D eigenvalue weighted by atomic mass is 10.1. The molecule has 0 radical (unpaired) electrons. The first kappa shape index (κ1) is 11.4. The van der Waals surface area contributed by atoms with Crippen LogP contribution in [0.2, 0.25) is 0 Å². The molecule has 3 heteroatoms. The summed E-state index contributed by atoms with van der Waals surface area (Å²) in [6.45, 7) is 1.73. The highest BCUT2D eigenvalue weighted by atomic mass is 16.2. The minimum Gasteiger partial charge on any atom is -0.339 e. The van der Waals surface area contributed by atoms with Crippen LogP contribution in [0.3, 0.4) is 0 Å². The SMILES string of the molecule is N#Cc1cccc(/C=C\C(=O)N2CCCC2)c1. The monoisotopic (exact) mass is 226 g/mol. The van der Waals surface area contributed by atoms with Gasteiger partial charge in [0.15, 0.2) is 0 Å². The fourth-order valence-electron chi connectivity index (χ4n) is 1.92. The molecule has 0 unspecified atom stereocenters. The van der Waals surface area contributed by atoms with Crippen molar-refractivity contribution in [2.75, 3.05) is 13.1 Å². The molecular weight excluding hydrogens is 212 g/mol. The van der Waals surface area contributed by atoms with Crippen molar-refractivity contribution >= 4 is 12.0 Å². The van der Waals surface area contributed by atoms with Gasteiger partial charge in [0, 0.05) is 19.2 Å². The second kappa shape index (κ2) is 5.31. The molecule has 1 saturated heterocycles. The molecule has 3 nitrogen and oxygen atoms in total. The van der Waals surface area contributed by atoms with Crippen molar-refractivity contribution in [3.8, 4) is 6.07 Å². The van der Waals surface area contributed by atoms with E-state index in [1.165, 1.54) is 0 Å². The van der Waals surface area contributed by atoms with Crippen molar-refractivity contribution in [1.29, 1.82) is 5.26 Å². The average molecular weight is 226 g/mol. The number of benzene rings is 1. The van der Waals surface area contributed by atoms with Crippen LogP contribution in [0.15, 0.2) is 30.3 Å². The number of likely N-dealkylation sites (tertiary alicyclic amines) is 1. The fraction of sp³-hybridized carbons (Fsp3) is 0.286. The fourth-order valence-corrected chi connectivity index (χ4v) is 1.92. The van der Waals surface area contributed by atoms with Crippen LogP contribution in [0.1, 0.15) is 24.0 Å². The van der Waals surface area contributed by atoms with Crippen LogP contribution in [0.25, 0.3) is 6.08 Å². The molecule has 0 aromatic heterocycles. The molecule has 1 amide bonds. The number of rotatable bonds is 2. The van der Waals surface area contributed by atoms with Crippen LogP contribution >= 0.6 is 0 Å². The van der Waals surface area contributed by atoms with E-state index in [1.807, 2.05) is 17.0 Å². The predicted octanol–water partition coefficient (Wildman–Crippen LogP) is 2.19. The van der Waals surface area contributed by atoms with E-state index in [1.54, 1.807) is 24.3 Å². The normalized spacial score (nSPS) is 15.1. The van der Waals surface area contributed by atoms with Gasteiger partial charge < -0.3 is 4.90 Å². The Morgan fingerprint density at radius 1 is 1.35 bits per heavy atom. The molecule has 1 heterocycles. The summed E-state index contributed by atoms with van der Waals surface area (Å²) < 4.78 is 0. The summed E-state index contributed by atoms with van der Waals surface area (Å²) in [6, 6.07) is 9.30. The Bertz CT molecular complexity index is 479. The topological polar surface area (TPSA) is 44.1 Å². The van der Waals surface area contributed by atoms with Crippen molar-refractivity contribution in [2.45, 2.75) is 12.8 Å². The number of carbonyl (C=O) groups is 1. The molecule has 0 bridgehead atoms. The first-order valence-corrected chi connectivity index (χ1v) is 5.77. The third kappa shape index (κ3) is 2.94. The molecule has 17 heavy (non-hydrogen) atoms. The number of amides is 1. The standard InChI is InChI=1S/C14H14N2O/c15-11-13-5-3-4-12(10-13)6-7-14(17)16-8-1-2-9-16/h3-7,10H,1-2,8-9H2/b7-6-. The van der Waals surface area contributed by atoms with Gasteiger partial charge in [0.05, 0.1) is 11.6 Å². The average Bonchev–Trinajstić information content (AvgIpc) is 2.90. The van der Waals surface area contributed by atoms with E-state index in [9.17, 15) is 4.79 Å². The van der Waals surface area contributed by atoms with E-state index < -0.39 is 0 Å². The quantitative estimate of drug-likeness (QED) is 0.725. The van der Waals surface area contributed by atoms with Crippen LogP contribution in [-0.4, -0.2) is 23.9 Å². The summed E-state index contributed by atoms with van der Waals surface area (Å²) in [4.78, 5) is 13.6.